The van der Waals surface area contributed by atoms with Gasteiger partial charge in [0.1, 0.15) is 5.60 Å². The van der Waals surface area contributed by atoms with Gasteiger partial charge in [-0.15, -0.1) is 0 Å². The number of rotatable bonds is 4. The molecule has 0 spiro atoms. The molecular weight excluding hydrogens is 204 g/mol. The Hall–Kier alpha value is -0.570. The van der Waals surface area contributed by atoms with Gasteiger partial charge in [-0.3, -0.25) is 0 Å². The molecule has 92 valence electrons. The normalized spacial score (nSPS) is 38.7. The van der Waals surface area contributed by atoms with E-state index < -0.39 is 5.60 Å². The van der Waals surface area contributed by atoms with Crippen LogP contribution in [0.2, 0.25) is 0 Å². The number of carbonyl (C=O) groups is 1. The van der Waals surface area contributed by atoms with Crippen LogP contribution in [0.15, 0.2) is 0 Å². The van der Waals surface area contributed by atoms with E-state index in [1.807, 2.05) is 6.92 Å². The zero-order valence-corrected chi connectivity index (χ0v) is 10.5. The van der Waals surface area contributed by atoms with Crippen molar-refractivity contribution in [2.45, 2.75) is 63.6 Å². The van der Waals surface area contributed by atoms with Crippen LogP contribution in [0.25, 0.3) is 0 Å². The maximum Gasteiger partial charge on any atom is 0.341 e. The molecule has 1 heterocycles. The van der Waals surface area contributed by atoms with Gasteiger partial charge in [-0.2, -0.15) is 0 Å². The minimum Gasteiger partial charge on any atom is -0.467 e. The minimum absolute atomic E-state index is 0.199. The lowest BCUT2D eigenvalue weighted by Gasteiger charge is -2.16. The second kappa shape index (κ2) is 4.02. The fourth-order valence-electron chi connectivity index (χ4n) is 3.34. The van der Waals surface area contributed by atoms with Gasteiger partial charge >= 0.3 is 5.97 Å². The maximum atomic E-state index is 11.8. The van der Waals surface area contributed by atoms with Crippen LogP contribution in [0.4, 0.5) is 0 Å². The van der Waals surface area contributed by atoms with Gasteiger partial charge in [0.05, 0.1) is 7.11 Å². The quantitative estimate of drug-likeness (QED) is 0.546. The van der Waals surface area contributed by atoms with E-state index in [1.165, 1.54) is 32.8 Å². The zero-order chi connectivity index (χ0) is 11.8. The number of carbonyl (C=O) groups excluding carboxylic acids is 1. The first-order valence-electron chi connectivity index (χ1n) is 6.36. The van der Waals surface area contributed by atoms with E-state index in [0.29, 0.717) is 6.42 Å². The van der Waals surface area contributed by atoms with Gasteiger partial charge in [0.25, 0.3) is 0 Å². The smallest absolute Gasteiger partial charge is 0.341 e. The molecule has 1 aliphatic heterocycles. The highest BCUT2D eigenvalue weighted by atomic mass is 16.7. The highest BCUT2D eigenvalue weighted by Gasteiger charge is 2.71. The van der Waals surface area contributed by atoms with Crippen molar-refractivity contribution in [3.63, 3.8) is 0 Å². The lowest BCUT2D eigenvalue weighted by atomic mass is 9.83. The molecule has 2 aliphatic rings. The van der Waals surface area contributed by atoms with Gasteiger partial charge in [0.2, 0.25) is 0 Å². The summed E-state index contributed by atoms with van der Waals surface area (Å²) in [6.45, 7) is 4.06. The Kier molecular flexibility index (Phi) is 2.99. The number of methoxy groups -OCH3 is 1. The average Bonchev–Trinajstić information content (AvgIpc) is 2.65. The number of esters is 1. The van der Waals surface area contributed by atoms with Gasteiger partial charge in [0, 0.05) is 0 Å². The summed E-state index contributed by atoms with van der Waals surface area (Å²) in [4.78, 5) is 11.8. The molecule has 2 unspecified atom stereocenters. The average molecular weight is 226 g/mol. The first-order chi connectivity index (χ1) is 7.58. The van der Waals surface area contributed by atoms with Crippen LogP contribution < -0.4 is 0 Å². The Bertz CT molecular complexity index is 283. The largest absolute Gasteiger partial charge is 0.467 e. The summed E-state index contributed by atoms with van der Waals surface area (Å²) < 4.78 is 10.6. The lowest BCUT2D eigenvalue weighted by Crippen LogP contribution is -2.34. The number of hydrogen-bond acceptors (Lipinski definition) is 3. The van der Waals surface area contributed by atoms with Crippen LogP contribution in [0.5, 0.6) is 0 Å². The van der Waals surface area contributed by atoms with Crippen molar-refractivity contribution in [3.05, 3.63) is 0 Å². The van der Waals surface area contributed by atoms with Crippen molar-refractivity contribution in [1.82, 2.24) is 0 Å². The summed E-state index contributed by atoms with van der Waals surface area (Å²) in [5, 5.41) is 0. The van der Waals surface area contributed by atoms with Crippen LogP contribution in [-0.4, -0.2) is 24.3 Å². The fraction of sp³-hybridized carbons (Fsp3) is 0.923. The number of epoxide rings is 1. The third-order valence-corrected chi connectivity index (χ3v) is 4.38. The summed E-state index contributed by atoms with van der Waals surface area (Å²) >= 11 is 0. The van der Waals surface area contributed by atoms with Gasteiger partial charge < -0.3 is 9.47 Å². The van der Waals surface area contributed by atoms with E-state index in [2.05, 4.69) is 6.92 Å². The van der Waals surface area contributed by atoms with Crippen LogP contribution in [-0.2, 0) is 14.3 Å². The monoisotopic (exact) mass is 226 g/mol. The van der Waals surface area contributed by atoms with Crippen molar-refractivity contribution >= 4 is 5.97 Å². The SMILES string of the molecule is CCC1(C(=O)OC)OC1(C)CC1CCCC1. The molecule has 0 aromatic carbocycles. The fourth-order valence-corrected chi connectivity index (χ4v) is 3.34. The van der Waals surface area contributed by atoms with Crippen molar-refractivity contribution in [2.75, 3.05) is 7.11 Å². The third kappa shape index (κ3) is 1.65. The Balaban J connectivity index is 2.01. The highest BCUT2D eigenvalue weighted by molar-refractivity contribution is 5.84. The highest BCUT2D eigenvalue weighted by Crippen LogP contribution is 2.55. The standard InChI is InChI=1S/C13H22O3/c1-4-13(11(14)15-3)12(2,16-13)9-10-7-5-6-8-10/h10H,4-9H2,1-3H3. The number of ether oxygens (including phenoxy) is 2. The molecule has 0 aromatic rings. The molecule has 0 N–H and O–H groups in total. The van der Waals surface area contributed by atoms with Gasteiger partial charge in [-0.05, 0) is 25.7 Å². The molecule has 2 fully saturated rings. The van der Waals surface area contributed by atoms with Gasteiger partial charge in [0.15, 0.2) is 5.60 Å². The van der Waals surface area contributed by atoms with Crippen LogP contribution in [0.1, 0.15) is 52.4 Å². The predicted molar refractivity (Wildman–Crippen MR) is 61.1 cm³/mol. The molecule has 0 aromatic heterocycles. The second-order valence-corrected chi connectivity index (χ2v) is 5.36. The van der Waals surface area contributed by atoms with E-state index in [4.69, 9.17) is 9.47 Å². The molecule has 0 bridgehead atoms. The van der Waals surface area contributed by atoms with Crippen molar-refractivity contribution in [2.24, 2.45) is 5.92 Å². The zero-order valence-electron chi connectivity index (χ0n) is 10.5. The summed E-state index contributed by atoms with van der Waals surface area (Å²) in [5.74, 6) is 0.540. The Morgan fingerprint density at radius 2 is 2.06 bits per heavy atom. The van der Waals surface area contributed by atoms with Crippen molar-refractivity contribution in [1.29, 1.82) is 0 Å². The minimum atomic E-state index is -0.648. The maximum absolute atomic E-state index is 11.8. The molecule has 1 saturated heterocycles. The summed E-state index contributed by atoms with van der Waals surface area (Å²) in [7, 11) is 1.44. The molecular formula is C13H22O3. The van der Waals surface area contributed by atoms with Crippen molar-refractivity contribution in [3.8, 4) is 0 Å². The summed E-state index contributed by atoms with van der Waals surface area (Å²) in [6.07, 6.45) is 6.97. The Labute approximate surface area is 97.5 Å². The molecule has 2 rings (SSSR count). The lowest BCUT2D eigenvalue weighted by molar-refractivity contribution is -0.147. The molecule has 0 radical (unpaired) electrons. The van der Waals surface area contributed by atoms with E-state index in [1.54, 1.807) is 0 Å². The van der Waals surface area contributed by atoms with E-state index >= 15 is 0 Å². The molecule has 0 amide bonds. The van der Waals surface area contributed by atoms with Gasteiger partial charge in [-0.1, -0.05) is 32.6 Å². The molecule has 2 atom stereocenters. The van der Waals surface area contributed by atoms with Crippen LogP contribution in [0.3, 0.4) is 0 Å². The Morgan fingerprint density at radius 3 is 2.56 bits per heavy atom. The van der Waals surface area contributed by atoms with E-state index in [9.17, 15) is 4.79 Å². The van der Waals surface area contributed by atoms with Gasteiger partial charge in [-0.25, -0.2) is 4.79 Å². The summed E-state index contributed by atoms with van der Waals surface area (Å²) in [5.41, 5.74) is -0.922. The first-order valence-corrected chi connectivity index (χ1v) is 6.36. The molecule has 1 saturated carbocycles. The first kappa shape index (κ1) is 11.9. The van der Waals surface area contributed by atoms with Crippen molar-refractivity contribution < 1.29 is 14.3 Å². The third-order valence-electron chi connectivity index (χ3n) is 4.38. The predicted octanol–water partition coefficient (Wildman–Crippen LogP) is 2.68. The summed E-state index contributed by atoms with van der Waals surface area (Å²) in [6, 6.07) is 0. The van der Waals surface area contributed by atoms with Crippen LogP contribution >= 0.6 is 0 Å². The molecule has 1 aliphatic carbocycles. The second-order valence-electron chi connectivity index (χ2n) is 5.36. The molecule has 3 nitrogen and oxygen atoms in total. The molecule has 3 heteroatoms. The topological polar surface area (TPSA) is 38.8 Å². The number of hydrogen-bond donors (Lipinski definition) is 0. The molecule has 16 heavy (non-hydrogen) atoms. The Morgan fingerprint density at radius 1 is 1.44 bits per heavy atom. The van der Waals surface area contributed by atoms with E-state index in [0.717, 1.165) is 12.3 Å². The van der Waals surface area contributed by atoms with Crippen LogP contribution in [0, 0.1) is 5.92 Å². The van der Waals surface area contributed by atoms with E-state index in [-0.39, 0.29) is 11.6 Å².